The summed E-state index contributed by atoms with van der Waals surface area (Å²) in [7, 11) is -2.86. The Balaban J connectivity index is 2.37. The van der Waals surface area contributed by atoms with E-state index >= 15 is 0 Å². The van der Waals surface area contributed by atoms with Crippen molar-refractivity contribution in [1.82, 2.24) is 0 Å². The molecule has 276 valence electrons. The molecule has 0 heterocycles. The lowest BCUT2D eigenvalue weighted by Gasteiger charge is -2.45. The number of benzene rings is 2. The van der Waals surface area contributed by atoms with Crippen LogP contribution in [0.5, 0.6) is 0 Å². The van der Waals surface area contributed by atoms with Crippen LogP contribution in [0.15, 0.2) is 60.7 Å². The number of hydrogen-bond acceptors (Lipinski definition) is 5. The van der Waals surface area contributed by atoms with Crippen LogP contribution in [0, 0.1) is 17.3 Å². The molecule has 0 saturated carbocycles. The average Bonchev–Trinajstić information content (AvgIpc) is 3.09. The lowest BCUT2D eigenvalue weighted by molar-refractivity contribution is -0.156. The Kier molecular flexibility index (Phi) is 19.5. The molecule has 2 aromatic rings. The SMILES string of the molecule is CCCCC(CCCC)CC(=O)OCC(C)(COC(=O)CC(CCCC)CCCC)CO[Si](c1ccccc1)(c1ccccc1)C(C)(C)C. The second-order valence-corrected chi connectivity index (χ2v) is 20.1. The topological polar surface area (TPSA) is 61.8 Å². The maximum absolute atomic E-state index is 13.4. The van der Waals surface area contributed by atoms with Crippen molar-refractivity contribution in [1.29, 1.82) is 0 Å². The predicted octanol–water partition coefficient (Wildman–Crippen LogP) is 10.4. The van der Waals surface area contributed by atoms with Gasteiger partial charge in [-0.15, -0.1) is 0 Å². The summed E-state index contributed by atoms with van der Waals surface area (Å²) in [6, 6.07) is 21.1. The van der Waals surface area contributed by atoms with Gasteiger partial charge in [0, 0.05) is 19.4 Å². The Morgan fingerprint density at radius 2 is 0.918 bits per heavy atom. The zero-order chi connectivity index (χ0) is 36.2. The Morgan fingerprint density at radius 3 is 1.22 bits per heavy atom. The third-order valence-electron chi connectivity index (χ3n) is 9.99. The number of unbranched alkanes of at least 4 members (excludes halogenated alkanes) is 4. The first-order valence-corrected chi connectivity index (χ1v) is 21.4. The minimum Gasteiger partial charge on any atom is -0.465 e. The zero-order valence-corrected chi connectivity index (χ0v) is 33.5. The molecule has 0 aliphatic carbocycles. The molecule has 5 nitrogen and oxygen atoms in total. The molecule has 49 heavy (non-hydrogen) atoms. The second-order valence-electron chi connectivity index (χ2n) is 15.8. The van der Waals surface area contributed by atoms with E-state index in [0.29, 0.717) is 31.3 Å². The largest absolute Gasteiger partial charge is 0.465 e. The molecule has 0 atom stereocenters. The Morgan fingerprint density at radius 1 is 0.571 bits per heavy atom. The monoisotopic (exact) mass is 694 g/mol. The summed E-state index contributed by atoms with van der Waals surface area (Å²) in [6.07, 6.45) is 14.1. The number of ether oxygens (including phenoxy) is 2. The van der Waals surface area contributed by atoms with Crippen molar-refractivity contribution < 1.29 is 23.5 Å². The van der Waals surface area contributed by atoms with E-state index in [2.05, 4.69) is 97.0 Å². The number of esters is 2. The van der Waals surface area contributed by atoms with Crippen molar-refractivity contribution in [3.8, 4) is 0 Å². The maximum Gasteiger partial charge on any atom is 0.306 e. The van der Waals surface area contributed by atoms with Crippen molar-refractivity contribution >= 4 is 30.6 Å². The Hall–Kier alpha value is -2.44. The fourth-order valence-electron chi connectivity index (χ4n) is 6.94. The third kappa shape index (κ3) is 14.4. The van der Waals surface area contributed by atoms with E-state index in [-0.39, 0.29) is 30.2 Å². The van der Waals surface area contributed by atoms with E-state index in [4.69, 9.17) is 13.9 Å². The van der Waals surface area contributed by atoms with Crippen LogP contribution in [0.25, 0.3) is 0 Å². The van der Waals surface area contributed by atoms with Crippen molar-refractivity contribution in [2.45, 2.75) is 150 Å². The van der Waals surface area contributed by atoms with Crippen LogP contribution in [0.2, 0.25) is 5.04 Å². The number of carbonyl (C=O) groups is 2. The highest BCUT2D eigenvalue weighted by Crippen LogP contribution is 2.38. The van der Waals surface area contributed by atoms with E-state index in [1.165, 1.54) is 10.4 Å². The molecule has 0 bridgehead atoms. The van der Waals surface area contributed by atoms with Crippen molar-refractivity contribution in [2.24, 2.45) is 17.3 Å². The maximum atomic E-state index is 13.4. The molecule has 0 unspecified atom stereocenters. The van der Waals surface area contributed by atoms with E-state index in [1.54, 1.807) is 0 Å². The van der Waals surface area contributed by atoms with Gasteiger partial charge in [-0.3, -0.25) is 9.59 Å². The van der Waals surface area contributed by atoms with Crippen LogP contribution in [0.1, 0.15) is 145 Å². The van der Waals surface area contributed by atoms with E-state index < -0.39 is 13.7 Å². The number of rotatable bonds is 25. The molecule has 0 amide bonds. The second kappa shape index (κ2) is 22.4. The van der Waals surface area contributed by atoms with Crippen molar-refractivity contribution in [2.75, 3.05) is 19.8 Å². The molecular formula is C43H70O5Si. The first-order chi connectivity index (χ1) is 23.4. The standard InChI is InChI=1S/C43H70O5Si/c1-9-13-23-36(24-14-10-2)31-40(44)46-33-43(8,34-47-41(45)32-37(25-15-11-3)26-16-12-4)35-48-49(42(5,6)7,38-27-19-17-20-28-38)39-29-21-18-22-30-39/h17-22,27-30,36-37H,9-16,23-26,31-35H2,1-8H3. The van der Waals surface area contributed by atoms with Gasteiger partial charge < -0.3 is 13.9 Å². The minimum absolute atomic E-state index is 0.140. The van der Waals surface area contributed by atoms with Gasteiger partial charge in [-0.1, -0.05) is 167 Å². The Bertz CT molecular complexity index is 1080. The van der Waals surface area contributed by atoms with Gasteiger partial charge in [-0.25, -0.2) is 0 Å². The molecule has 2 rings (SSSR count). The summed E-state index contributed by atoms with van der Waals surface area (Å²) in [5.41, 5.74) is -0.719. The lowest BCUT2D eigenvalue weighted by atomic mass is 9.92. The summed E-state index contributed by atoms with van der Waals surface area (Å²) in [6.45, 7) is 18.2. The van der Waals surface area contributed by atoms with Gasteiger partial charge in [0.05, 0.1) is 5.41 Å². The average molecular weight is 695 g/mol. The van der Waals surface area contributed by atoms with Crippen LogP contribution < -0.4 is 10.4 Å². The van der Waals surface area contributed by atoms with Gasteiger partial charge in [0.25, 0.3) is 8.32 Å². The minimum atomic E-state index is -2.86. The lowest BCUT2D eigenvalue weighted by Crippen LogP contribution is -2.67. The van der Waals surface area contributed by atoms with Crippen molar-refractivity contribution in [3.63, 3.8) is 0 Å². The van der Waals surface area contributed by atoms with Crippen LogP contribution in [-0.2, 0) is 23.5 Å². The highest BCUT2D eigenvalue weighted by atomic mass is 28.4. The smallest absolute Gasteiger partial charge is 0.306 e. The fourth-order valence-corrected chi connectivity index (χ4v) is 11.7. The molecular weight excluding hydrogens is 625 g/mol. The van der Waals surface area contributed by atoms with Gasteiger partial charge in [0.1, 0.15) is 13.2 Å². The van der Waals surface area contributed by atoms with Gasteiger partial charge in [-0.05, 0) is 52.9 Å². The molecule has 0 aliphatic heterocycles. The van der Waals surface area contributed by atoms with E-state index in [1.807, 2.05) is 19.1 Å². The predicted molar refractivity (Wildman–Crippen MR) is 208 cm³/mol. The highest BCUT2D eigenvalue weighted by Gasteiger charge is 2.51. The van der Waals surface area contributed by atoms with Gasteiger partial charge in [0.15, 0.2) is 0 Å². The van der Waals surface area contributed by atoms with E-state index in [9.17, 15) is 9.59 Å². The molecule has 0 aromatic heterocycles. The molecule has 6 heteroatoms. The Labute approximate surface area is 301 Å². The fraction of sp³-hybridized carbons (Fsp3) is 0.674. The van der Waals surface area contributed by atoms with Gasteiger partial charge in [0.2, 0.25) is 0 Å². The first-order valence-electron chi connectivity index (χ1n) is 19.5. The molecule has 2 aromatic carbocycles. The quantitative estimate of drug-likeness (QED) is 0.0765. The highest BCUT2D eigenvalue weighted by molar-refractivity contribution is 6.99. The molecule has 0 radical (unpaired) electrons. The van der Waals surface area contributed by atoms with Crippen LogP contribution in [0.3, 0.4) is 0 Å². The number of hydrogen-bond donors (Lipinski definition) is 0. The molecule has 0 N–H and O–H groups in total. The normalized spacial score (nSPS) is 12.4. The van der Waals surface area contributed by atoms with Crippen LogP contribution in [0.4, 0.5) is 0 Å². The van der Waals surface area contributed by atoms with Crippen molar-refractivity contribution in [3.05, 3.63) is 60.7 Å². The molecule has 0 aliphatic rings. The summed E-state index contributed by atoms with van der Waals surface area (Å²) >= 11 is 0. The van der Waals surface area contributed by atoms with Gasteiger partial charge in [-0.2, -0.15) is 0 Å². The molecule has 0 fully saturated rings. The third-order valence-corrected chi connectivity index (χ3v) is 15.0. The van der Waals surface area contributed by atoms with Gasteiger partial charge >= 0.3 is 11.9 Å². The number of carbonyl (C=O) groups excluding carboxylic acids is 2. The molecule has 0 saturated heterocycles. The van der Waals surface area contributed by atoms with Crippen LogP contribution in [-0.4, -0.2) is 40.1 Å². The van der Waals surface area contributed by atoms with E-state index in [0.717, 1.165) is 77.0 Å². The van der Waals surface area contributed by atoms with Crippen LogP contribution >= 0.6 is 0 Å². The zero-order valence-electron chi connectivity index (χ0n) is 32.5. The summed E-state index contributed by atoms with van der Waals surface area (Å²) in [5.74, 6) is 0.347. The molecule has 0 spiro atoms. The summed E-state index contributed by atoms with van der Waals surface area (Å²) < 4.78 is 19.5. The summed E-state index contributed by atoms with van der Waals surface area (Å²) in [4.78, 5) is 26.7. The summed E-state index contributed by atoms with van der Waals surface area (Å²) in [5, 5.41) is 2.17. The first kappa shape index (κ1) is 42.7.